The van der Waals surface area contributed by atoms with Crippen molar-refractivity contribution in [2.75, 3.05) is 20.7 Å². The number of fused-ring (bicyclic) bond motifs is 1. The summed E-state index contributed by atoms with van der Waals surface area (Å²) in [5.74, 6) is 1.14. The molecule has 0 radical (unpaired) electrons. The molecular formula is C20H25N5O3. The zero-order chi connectivity index (χ0) is 20.3. The van der Waals surface area contributed by atoms with Crippen molar-refractivity contribution in [3.8, 4) is 17.0 Å². The van der Waals surface area contributed by atoms with Crippen LogP contribution in [-0.4, -0.2) is 50.7 Å². The van der Waals surface area contributed by atoms with Gasteiger partial charge in [-0.1, -0.05) is 13.3 Å². The van der Waals surface area contributed by atoms with Crippen LogP contribution in [0, 0.1) is 6.92 Å². The molecule has 2 heterocycles. The molecule has 0 bridgehead atoms. The first-order valence-corrected chi connectivity index (χ1v) is 9.30. The fraction of sp³-hybridized carbons (Fsp3) is 0.400. The second kappa shape index (κ2) is 8.24. The predicted octanol–water partition coefficient (Wildman–Crippen LogP) is 2.13. The smallest absolute Gasteiger partial charge is 0.352 e. The van der Waals surface area contributed by atoms with Crippen molar-refractivity contribution >= 4 is 11.6 Å². The lowest BCUT2D eigenvalue weighted by Gasteiger charge is -2.15. The standard InChI is InChI=1S/C20H25N5O3/c1-5-6-11-23(3)19(26)13-24-20(27)25-14(2)21-17(12-18(25)22-24)15-7-9-16(28-4)10-8-15/h7-10,12H,5-6,11,13H2,1-4H3. The highest BCUT2D eigenvalue weighted by Gasteiger charge is 2.16. The van der Waals surface area contributed by atoms with Gasteiger partial charge in [-0.25, -0.2) is 18.9 Å². The van der Waals surface area contributed by atoms with Gasteiger partial charge in [0.1, 0.15) is 18.1 Å². The number of aromatic nitrogens is 4. The Hall–Kier alpha value is -3.16. The molecule has 28 heavy (non-hydrogen) atoms. The zero-order valence-corrected chi connectivity index (χ0v) is 16.7. The van der Waals surface area contributed by atoms with Gasteiger partial charge in [-0.05, 0) is 37.6 Å². The molecule has 8 heteroatoms. The van der Waals surface area contributed by atoms with Crippen LogP contribution in [-0.2, 0) is 11.3 Å². The maximum absolute atomic E-state index is 12.7. The van der Waals surface area contributed by atoms with Gasteiger partial charge < -0.3 is 9.64 Å². The molecule has 148 valence electrons. The lowest BCUT2D eigenvalue weighted by Crippen LogP contribution is -2.35. The quantitative estimate of drug-likeness (QED) is 0.624. The van der Waals surface area contributed by atoms with Crippen molar-refractivity contribution in [2.24, 2.45) is 0 Å². The Morgan fingerprint density at radius 3 is 2.61 bits per heavy atom. The van der Waals surface area contributed by atoms with E-state index < -0.39 is 0 Å². The highest BCUT2D eigenvalue weighted by molar-refractivity contribution is 5.75. The van der Waals surface area contributed by atoms with Crippen LogP contribution in [0.1, 0.15) is 25.6 Å². The van der Waals surface area contributed by atoms with E-state index in [1.807, 2.05) is 24.3 Å². The molecule has 0 atom stereocenters. The van der Waals surface area contributed by atoms with Crippen LogP contribution in [0.25, 0.3) is 16.9 Å². The highest BCUT2D eigenvalue weighted by Crippen LogP contribution is 2.21. The first-order valence-electron chi connectivity index (χ1n) is 9.30. The number of nitrogens with zero attached hydrogens (tertiary/aromatic N) is 5. The van der Waals surface area contributed by atoms with E-state index in [4.69, 9.17) is 4.74 Å². The Morgan fingerprint density at radius 1 is 1.25 bits per heavy atom. The van der Waals surface area contributed by atoms with Crippen molar-refractivity contribution in [3.63, 3.8) is 0 Å². The van der Waals surface area contributed by atoms with E-state index in [0.29, 0.717) is 23.7 Å². The van der Waals surface area contributed by atoms with E-state index >= 15 is 0 Å². The van der Waals surface area contributed by atoms with Gasteiger partial charge in [-0.15, -0.1) is 5.10 Å². The van der Waals surface area contributed by atoms with Crippen LogP contribution in [0.15, 0.2) is 35.1 Å². The Morgan fingerprint density at radius 2 is 1.96 bits per heavy atom. The van der Waals surface area contributed by atoms with Gasteiger partial charge >= 0.3 is 5.69 Å². The van der Waals surface area contributed by atoms with Crippen LogP contribution in [0.4, 0.5) is 0 Å². The van der Waals surface area contributed by atoms with E-state index in [9.17, 15) is 9.59 Å². The number of hydrogen-bond acceptors (Lipinski definition) is 5. The lowest BCUT2D eigenvalue weighted by atomic mass is 10.1. The van der Waals surface area contributed by atoms with Crippen molar-refractivity contribution in [2.45, 2.75) is 33.2 Å². The van der Waals surface area contributed by atoms with Gasteiger partial charge in [0.2, 0.25) is 5.91 Å². The molecule has 0 saturated carbocycles. The van der Waals surface area contributed by atoms with Crippen molar-refractivity contribution in [1.29, 1.82) is 0 Å². The fourth-order valence-corrected chi connectivity index (χ4v) is 2.98. The van der Waals surface area contributed by atoms with E-state index in [-0.39, 0.29) is 18.1 Å². The largest absolute Gasteiger partial charge is 0.497 e. The number of likely N-dealkylation sites (N-methyl/N-ethyl adjacent to an activating group) is 1. The van der Waals surface area contributed by atoms with Crippen LogP contribution in [0.5, 0.6) is 5.75 Å². The average molecular weight is 383 g/mol. The van der Waals surface area contributed by atoms with Crippen LogP contribution < -0.4 is 10.4 Å². The molecule has 2 aromatic heterocycles. The van der Waals surface area contributed by atoms with Crippen molar-refractivity contribution < 1.29 is 9.53 Å². The minimum Gasteiger partial charge on any atom is -0.497 e. The maximum atomic E-state index is 12.7. The second-order valence-corrected chi connectivity index (χ2v) is 6.72. The summed E-state index contributed by atoms with van der Waals surface area (Å²) in [6.07, 6.45) is 1.93. The number of unbranched alkanes of at least 4 members (excludes halogenated alkanes) is 1. The minimum atomic E-state index is -0.362. The summed E-state index contributed by atoms with van der Waals surface area (Å²) < 4.78 is 7.81. The number of hydrogen-bond donors (Lipinski definition) is 0. The molecule has 0 spiro atoms. The maximum Gasteiger partial charge on any atom is 0.352 e. The molecule has 0 N–H and O–H groups in total. The number of amides is 1. The molecular weight excluding hydrogens is 358 g/mol. The van der Waals surface area contributed by atoms with Gasteiger partial charge in [-0.3, -0.25) is 4.79 Å². The number of ether oxygens (including phenoxy) is 1. The number of carbonyl (C=O) groups excluding carboxylic acids is 1. The molecule has 1 aromatic carbocycles. The van der Waals surface area contributed by atoms with Crippen molar-refractivity contribution in [1.82, 2.24) is 24.1 Å². The zero-order valence-electron chi connectivity index (χ0n) is 16.7. The SMILES string of the molecule is CCCCN(C)C(=O)Cn1nc2cc(-c3ccc(OC)cc3)nc(C)n2c1=O. The lowest BCUT2D eigenvalue weighted by molar-refractivity contribution is -0.130. The first-order chi connectivity index (χ1) is 13.4. The molecule has 0 aliphatic heterocycles. The summed E-state index contributed by atoms with van der Waals surface area (Å²) in [5.41, 5.74) is 1.70. The highest BCUT2D eigenvalue weighted by atomic mass is 16.5. The Kier molecular flexibility index (Phi) is 5.77. The third-order valence-corrected chi connectivity index (χ3v) is 4.68. The summed E-state index contributed by atoms with van der Waals surface area (Å²) in [7, 11) is 3.36. The molecule has 0 unspecified atom stereocenters. The third kappa shape index (κ3) is 3.90. The molecule has 3 aromatic rings. The van der Waals surface area contributed by atoms with Gasteiger partial charge in [0, 0.05) is 25.2 Å². The molecule has 0 aliphatic carbocycles. The predicted molar refractivity (Wildman–Crippen MR) is 107 cm³/mol. The summed E-state index contributed by atoms with van der Waals surface area (Å²) in [6.45, 7) is 4.40. The van der Waals surface area contributed by atoms with Gasteiger partial charge in [0.05, 0.1) is 12.8 Å². The Labute approximate surface area is 163 Å². The third-order valence-electron chi connectivity index (χ3n) is 4.68. The van der Waals surface area contributed by atoms with Gasteiger partial charge in [-0.2, -0.15) is 0 Å². The normalized spacial score (nSPS) is 11.0. The van der Waals surface area contributed by atoms with E-state index in [0.717, 1.165) is 24.2 Å². The summed E-state index contributed by atoms with van der Waals surface area (Å²) in [5, 5.41) is 4.35. The molecule has 3 rings (SSSR count). The summed E-state index contributed by atoms with van der Waals surface area (Å²) in [6, 6.07) is 9.26. The van der Waals surface area contributed by atoms with Crippen LogP contribution in [0.3, 0.4) is 0 Å². The summed E-state index contributed by atoms with van der Waals surface area (Å²) >= 11 is 0. The first kappa shape index (κ1) is 19.6. The average Bonchev–Trinajstić information content (AvgIpc) is 3.01. The van der Waals surface area contributed by atoms with E-state index in [2.05, 4.69) is 17.0 Å². The number of methoxy groups -OCH3 is 1. The Bertz CT molecular complexity index is 1040. The number of benzene rings is 1. The second-order valence-electron chi connectivity index (χ2n) is 6.72. The Balaban J connectivity index is 1.93. The molecule has 0 saturated heterocycles. The van der Waals surface area contributed by atoms with Gasteiger partial charge in [0.25, 0.3) is 0 Å². The molecule has 0 aliphatic rings. The van der Waals surface area contributed by atoms with E-state index in [1.165, 1.54) is 9.08 Å². The molecule has 8 nitrogen and oxygen atoms in total. The number of carbonyl (C=O) groups is 1. The monoisotopic (exact) mass is 383 g/mol. The minimum absolute atomic E-state index is 0.0853. The molecule has 0 fully saturated rings. The van der Waals surface area contributed by atoms with Gasteiger partial charge in [0.15, 0.2) is 5.65 Å². The number of rotatable bonds is 7. The van der Waals surface area contributed by atoms with Crippen LogP contribution >= 0.6 is 0 Å². The van der Waals surface area contributed by atoms with Crippen LogP contribution in [0.2, 0.25) is 0 Å². The van der Waals surface area contributed by atoms with E-state index in [1.54, 1.807) is 32.0 Å². The number of aryl methyl sites for hydroxylation is 1. The molecule has 1 amide bonds. The topological polar surface area (TPSA) is 81.7 Å². The summed E-state index contributed by atoms with van der Waals surface area (Å²) in [4.78, 5) is 31.2. The van der Waals surface area contributed by atoms with Crippen molar-refractivity contribution in [3.05, 3.63) is 46.6 Å². The fourth-order valence-electron chi connectivity index (χ4n) is 2.98.